The molecule has 7 heteroatoms. The van der Waals surface area contributed by atoms with Gasteiger partial charge >= 0.3 is 0 Å². The average molecular weight is 318 g/mol. The lowest BCUT2D eigenvalue weighted by Crippen LogP contribution is -2.14. The fourth-order valence-corrected chi connectivity index (χ4v) is 2.21. The van der Waals surface area contributed by atoms with E-state index in [4.69, 9.17) is 16.9 Å². The molecular weight excluding hydrogens is 304 g/mol. The summed E-state index contributed by atoms with van der Waals surface area (Å²) < 4.78 is 0. The zero-order valence-electron chi connectivity index (χ0n) is 12.6. The molecule has 0 bridgehead atoms. The summed E-state index contributed by atoms with van der Waals surface area (Å²) in [6.45, 7) is 0. The number of nitrogens with zero attached hydrogens (tertiary/aromatic N) is 3. The molecule has 0 aliphatic rings. The lowest BCUT2D eigenvalue weighted by molar-refractivity contribution is 0.1000. The van der Waals surface area contributed by atoms with Gasteiger partial charge in [-0.05, 0) is 30.3 Å². The second kappa shape index (κ2) is 6.25. The Kier molecular flexibility index (Phi) is 3.98. The highest BCUT2D eigenvalue weighted by molar-refractivity contribution is 6.13. The predicted octanol–water partition coefficient (Wildman–Crippen LogP) is 1.64. The first kappa shape index (κ1) is 15.3. The Labute approximate surface area is 137 Å². The van der Waals surface area contributed by atoms with Gasteiger partial charge in [-0.15, -0.1) is 0 Å². The van der Waals surface area contributed by atoms with Gasteiger partial charge in [-0.25, -0.2) is 0 Å². The van der Waals surface area contributed by atoms with Crippen molar-refractivity contribution < 1.29 is 4.79 Å². The number of hydrogen-bond acceptors (Lipinski definition) is 6. The molecule has 0 saturated heterocycles. The van der Waals surface area contributed by atoms with Crippen molar-refractivity contribution in [2.75, 3.05) is 5.73 Å². The molecule has 3 aromatic rings. The first-order valence-electron chi connectivity index (χ1n) is 7.07. The molecule has 0 aliphatic heterocycles. The van der Waals surface area contributed by atoms with Crippen molar-refractivity contribution in [3.8, 4) is 11.3 Å². The third-order valence-electron chi connectivity index (χ3n) is 3.46. The van der Waals surface area contributed by atoms with Crippen LogP contribution in [-0.4, -0.2) is 26.6 Å². The molecular formula is C17H14N6O. The summed E-state index contributed by atoms with van der Waals surface area (Å²) in [7, 11) is 0. The topological polar surface area (TPSA) is 132 Å². The van der Waals surface area contributed by atoms with E-state index in [-0.39, 0.29) is 11.3 Å². The molecule has 0 fully saturated rings. The van der Waals surface area contributed by atoms with E-state index in [0.29, 0.717) is 22.6 Å². The minimum Gasteiger partial charge on any atom is -0.397 e. The third-order valence-corrected chi connectivity index (χ3v) is 3.46. The van der Waals surface area contributed by atoms with Crippen LogP contribution in [0.2, 0.25) is 0 Å². The normalized spacial score (nSPS) is 10.3. The number of anilines is 1. The standard InChI is InChI=1S/C17H14N6O/c18-13-9-23-14(11-2-1-4-21-8-11)7-12(13)16(19)15-6-10(17(20)24)3-5-22-15/h1-9,19H,18H2,(H2,20,24). The maximum Gasteiger partial charge on any atom is 0.248 e. The van der Waals surface area contributed by atoms with Gasteiger partial charge in [0, 0.05) is 35.3 Å². The Bertz CT molecular complexity index is 923. The Morgan fingerprint density at radius 3 is 2.62 bits per heavy atom. The number of primary amides is 1. The molecule has 0 aromatic carbocycles. The number of carbonyl (C=O) groups excluding carboxylic acids is 1. The maximum atomic E-state index is 11.3. The van der Waals surface area contributed by atoms with Crippen LogP contribution in [0.15, 0.2) is 55.1 Å². The zero-order chi connectivity index (χ0) is 17.1. The fourth-order valence-electron chi connectivity index (χ4n) is 2.21. The van der Waals surface area contributed by atoms with Gasteiger partial charge in [-0.3, -0.25) is 25.2 Å². The van der Waals surface area contributed by atoms with Crippen molar-refractivity contribution in [2.45, 2.75) is 0 Å². The molecule has 0 aliphatic carbocycles. The second-order valence-electron chi connectivity index (χ2n) is 5.07. The molecule has 5 N–H and O–H groups in total. The number of nitrogens with two attached hydrogens (primary N) is 2. The lowest BCUT2D eigenvalue weighted by Gasteiger charge is -2.10. The molecule has 3 heterocycles. The lowest BCUT2D eigenvalue weighted by atomic mass is 10.0. The van der Waals surface area contributed by atoms with Gasteiger partial charge in [-0.2, -0.15) is 0 Å². The van der Waals surface area contributed by atoms with Gasteiger partial charge in [-0.1, -0.05) is 0 Å². The van der Waals surface area contributed by atoms with Gasteiger partial charge in [0.25, 0.3) is 0 Å². The molecule has 24 heavy (non-hydrogen) atoms. The highest BCUT2D eigenvalue weighted by Gasteiger charge is 2.14. The van der Waals surface area contributed by atoms with E-state index >= 15 is 0 Å². The first-order chi connectivity index (χ1) is 11.6. The molecule has 1 amide bonds. The van der Waals surface area contributed by atoms with Crippen molar-refractivity contribution in [1.82, 2.24) is 15.0 Å². The minimum absolute atomic E-state index is 0.0862. The van der Waals surface area contributed by atoms with Crippen molar-refractivity contribution >= 4 is 17.3 Å². The van der Waals surface area contributed by atoms with E-state index in [0.717, 1.165) is 5.56 Å². The third kappa shape index (κ3) is 2.95. The van der Waals surface area contributed by atoms with Gasteiger partial charge in [0.1, 0.15) is 0 Å². The number of hydrogen-bond donors (Lipinski definition) is 3. The molecule has 0 unspecified atom stereocenters. The SMILES string of the molecule is N=C(c1cc(C(N)=O)ccn1)c1cc(-c2cccnc2)ncc1N. The van der Waals surface area contributed by atoms with Gasteiger partial charge in [0.15, 0.2) is 0 Å². The monoisotopic (exact) mass is 318 g/mol. The number of aromatic nitrogens is 3. The Hall–Kier alpha value is -3.61. The summed E-state index contributed by atoms with van der Waals surface area (Å²) >= 11 is 0. The van der Waals surface area contributed by atoms with Crippen LogP contribution in [0.5, 0.6) is 0 Å². The van der Waals surface area contributed by atoms with Crippen LogP contribution >= 0.6 is 0 Å². The van der Waals surface area contributed by atoms with Gasteiger partial charge < -0.3 is 11.5 Å². The smallest absolute Gasteiger partial charge is 0.248 e. The van der Waals surface area contributed by atoms with Gasteiger partial charge in [0.05, 0.1) is 29.0 Å². The number of nitrogens with one attached hydrogen (secondary N) is 1. The van der Waals surface area contributed by atoms with E-state index in [1.807, 2.05) is 6.07 Å². The van der Waals surface area contributed by atoms with Crippen molar-refractivity contribution in [3.05, 3.63) is 71.9 Å². The molecule has 0 saturated carbocycles. The zero-order valence-corrected chi connectivity index (χ0v) is 12.6. The highest BCUT2D eigenvalue weighted by Crippen LogP contribution is 2.22. The number of pyridine rings is 3. The Morgan fingerprint density at radius 1 is 1.08 bits per heavy atom. The van der Waals surface area contributed by atoms with E-state index in [9.17, 15) is 4.79 Å². The number of nitrogen functional groups attached to an aromatic ring is 1. The first-order valence-corrected chi connectivity index (χ1v) is 7.07. The van der Waals surface area contributed by atoms with Crippen LogP contribution < -0.4 is 11.5 Å². The summed E-state index contributed by atoms with van der Waals surface area (Å²) in [6, 6.07) is 8.33. The van der Waals surface area contributed by atoms with Crippen LogP contribution in [0.1, 0.15) is 21.6 Å². The number of amides is 1. The second-order valence-corrected chi connectivity index (χ2v) is 5.07. The minimum atomic E-state index is -0.579. The van der Waals surface area contributed by atoms with Gasteiger partial charge in [0.2, 0.25) is 5.91 Å². The van der Waals surface area contributed by atoms with Crippen molar-refractivity contribution in [2.24, 2.45) is 5.73 Å². The Morgan fingerprint density at radius 2 is 1.92 bits per heavy atom. The van der Waals surface area contributed by atoms with E-state index in [2.05, 4.69) is 15.0 Å². The quantitative estimate of drug-likeness (QED) is 0.629. The molecule has 3 rings (SSSR count). The highest BCUT2D eigenvalue weighted by atomic mass is 16.1. The molecule has 118 valence electrons. The van der Waals surface area contributed by atoms with Crippen LogP contribution in [-0.2, 0) is 0 Å². The summed E-state index contributed by atoms with van der Waals surface area (Å²) in [5.41, 5.74) is 14.2. The summed E-state index contributed by atoms with van der Waals surface area (Å²) in [6.07, 6.45) is 6.27. The average Bonchev–Trinajstić information content (AvgIpc) is 2.62. The van der Waals surface area contributed by atoms with Crippen LogP contribution in [0.3, 0.4) is 0 Å². The molecule has 7 nitrogen and oxygen atoms in total. The molecule has 0 atom stereocenters. The Balaban J connectivity index is 2.04. The van der Waals surface area contributed by atoms with Crippen LogP contribution in [0.25, 0.3) is 11.3 Å². The maximum absolute atomic E-state index is 11.3. The largest absolute Gasteiger partial charge is 0.397 e. The van der Waals surface area contributed by atoms with E-state index in [1.54, 1.807) is 24.5 Å². The number of carbonyl (C=O) groups is 1. The summed E-state index contributed by atoms with van der Waals surface area (Å²) in [4.78, 5) is 23.8. The van der Waals surface area contributed by atoms with Crippen molar-refractivity contribution in [1.29, 1.82) is 5.41 Å². The van der Waals surface area contributed by atoms with Crippen LogP contribution in [0.4, 0.5) is 5.69 Å². The van der Waals surface area contributed by atoms with E-state index in [1.165, 1.54) is 24.5 Å². The molecule has 0 radical (unpaired) electrons. The number of rotatable bonds is 4. The van der Waals surface area contributed by atoms with Crippen LogP contribution in [0, 0.1) is 5.41 Å². The van der Waals surface area contributed by atoms with E-state index < -0.39 is 5.91 Å². The fraction of sp³-hybridized carbons (Fsp3) is 0. The summed E-state index contributed by atoms with van der Waals surface area (Å²) in [5, 5.41) is 8.37. The molecule has 3 aromatic heterocycles. The molecule has 0 spiro atoms. The predicted molar refractivity (Wildman–Crippen MR) is 90.6 cm³/mol. The van der Waals surface area contributed by atoms with Crippen molar-refractivity contribution in [3.63, 3.8) is 0 Å². The summed E-state index contributed by atoms with van der Waals surface area (Å²) in [5.74, 6) is -0.579.